The first-order valence-electron chi connectivity index (χ1n) is 31.7. The lowest BCUT2D eigenvalue weighted by atomic mass is 10.0. The second-order valence-corrected chi connectivity index (χ2v) is 21.7. The summed E-state index contributed by atoms with van der Waals surface area (Å²) in [6.07, 6.45) is 75.9. The molecule has 0 rings (SSSR count). The Morgan fingerprint density at radius 1 is 0.394 bits per heavy atom. The molecular formula is C65H123NO5. The Bertz CT molecular complexity index is 1150. The molecule has 2 atom stereocenters. The van der Waals surface area contributed by atoms with Gasteiger partial charge in [-0.3, -0.25) is 9.59 Å². The second kappa shape index (κ2) is 60.6. The minimum atomic E-state index is -0.666. The van der Waals surface area contributed by atoms with Crippen molar-refractivity contribution in [2.24, 2.45) is 0 Å². The van der Waals surface area contributed by atoms with Crippen molar-refractivity contribution >= 4 is 11.9 Å². The molecule has 6 heteroatoms. The lowest BCUT2D eigenvalue weighted by Crippen LogP contribution is -2.45. The fourth-order valence-electron chi connectivity index (χ4n) is 9.78. The molecule has 0 fully saturated rings. The zero-order valence-electron chi connectivity index (χ0n) is 47.7. The van der Waals surface area contributed by atoms with Gasteiger partial charge in [0.2, 0.25) is 5.91 Å². The van der Waals surface area contributed by atoms with Gasteiger partial charge in [0.1, 0.15) is 0 Å². The Kier molecular flexibility index (Phi) is 59.0. The first kappa shape index (κ1) is 69.1. The molecule has 0 spiro atoms. The molecule has 3 N–H and O–H groups in total. The number of hydrogen-bond donors (Lipinski definition) is 3. The summed E-state index contributed by atoms with van der Waals surface area (Å²) in [5, 5.41) is 23.2. The van der Waals surface area contributed by atoms with Crippen molar-refractivity contribution in [2.75, 3.05) is 13.2 Å². The molecule has 0 aliphatic carbocycles. The van der Waals surface area contributed by atoms with E-state index in [0.717, 1.165) is 51.4 Å². The van der Waals surface area contributed by atoms with Gasteiger partial charge < -0.3 is 20.3 Å². The Labute approximate surface area is 443 Å². The molecule has 0 saturated heterocycles. The Balaban J connectivity index is 3.39. The lowest BCUT2D eigenvalue weighted by molar-refractivity contribution is -0.143. The smallest absolute Gasteiger partial charge is 0.305 e. The first-order valence-corrected chi connectivity index (χ1v) is 31.7. The number of rotatable bonds is 59. The number of nitrogens with one attached hydrogen (secondary N) is 1. The summed E-state index contributed by atoms with van der Waals surface area (Å²) >= 11 is 0. The summed E-state index contributed by atoms with van der Waals surface area (Å²) in [5.41, 5.74) is 0. The van der Waals surface area contributed by atoms with E-state index in [-0.39, 0.29) is 18.5 Å². The fraction of sp³-hybridized carbons (Fsp3) is 0.877. The number of aliphatic hydroxyl groups is 2. The highest BCUT2D eigenvalue weighted by molar-refractivity contribution is 5.76. The van der Waals surface area contributed by atoms with Crippen LogP contribution in [0.15, 0.2) is 36.5 Å². The predicted octanol–water partition coefficient (Wildman–Crippen LogP) is 20.0. The average Bonchev–Trinajstić information content (AvgIpc) is 3.37. The largest absolute Gasteiger partial charge is 0.466 e. The second-order valence-electron chi connectivity index (χ2n) is 21.7. The monoisotopic (exact) mass is 998 g/mol. The summed E-state index contributed by atoms with van der Waals surface area (Å²) in [6.45, 7) is 4.93. The van der Waals surface area contributed by atoms with Gasteiger partial charge in [0.25, 0.3) is 0 Å². The molecule has 0 aromatic heterocycles. The van der Waals surface area contributed by atoms with Crippen LogP contribution in [0.3, 0.4) is 0 Å². The van der Waals surface area contributed by atoms with Crippen molar-refractivity contribution in [1.82, 2.24) is 5.32 Å². The van der Waals surface area contributed by atoms with Crippen molar-refractivity contribution in [3.05, 3.63) is 36.5 Å². The van der Waals surface area contributed by atoms with Crippen LogP contribution in [-0.2, 0) is 14.3 Å². The van der Waals surface area contributed by atoms with Crippen molar-refractivity contribution in [2.45, 2.75) is 353 Å². The molecule has 0 radical (unpaired) electrons. The van der Waals surface area contributed by atoms with Gasteiger partial charge in [-0.1, -0.05) is 281 Å². The van der Waals surface area contributed by atoms with E-state index >= 15 is 0 Å². The predicted molar refractivity (Wildman–Crippen MR) is 310 cm³/mol. The van der Waals surface area contributed by atoms with Crippen LogP contribution in [0.2, 0.25) is 0 Å². The number of unbranched alkanes of at least 4 members (excludes halogenated alkanes) is 42. The number of amides is 1. The third-order valence-corrected chi connectivity index (χ3v) is 14.7. The van der Waals surface area contributed by atoms with Gasteiger partial charge in [0.05, 0.1) is 25.4 Å². The highest BCUT2D eigenvalue weighted by Gasteiger charge is 2.20. The quantitative estimate of drug-likeness (QED) is 0.0321. The van der Waals surface area contributed by atoms with Crippen LogP contribution < -0.4 is 5.32 Å². The molecule has 0 aromatic rings. The number of ether oxygens (including phenoxy) is 1. The van der Waals surface area contributed by atoms with E-state index < -0.39 is 12.1 Å². The first-order chi connectivity index (χ1) is 35.0. The van der Waals surface area contributed by atoms with Crippen LogP contribution in [0.25, 0.3) is 0 Å². The van der Waals surface area contributed by atoms with E-state index in [4.69, 9.17) is 4.74 Å². The van der Waals surface area contributed by atoms with Gasteiger partial charge in [-0.2, -0.15) is 0 Å². The summed E-state index contributed by atoms with van der Waals surface area (Å²) < 4.78 is 5.49. The van der Waals surface area contributed by atoms with Gasteiger partial charge in [0.15, 0.2) is 0 Å². The van der Waals surface area contributed by atoms with Crippen molar-refractivity contribution < 1.29 is 24.5 Å². The van der Waals surface area contributed by atoms with Crippen LogP contribution in [0.4, 0.5) is 0 Å². The summed E-state index contributed by atoms with van der Waals surface area (Å²) in [7, 11) is 0. The Hall–Kier alpha value is -1.92. The highest BCUT2D eigenvalue weighted by atomic mass is 16.5. The zero-order chi connectivity index (χ0) is 51.4. The van der Waals surface area contributed by atoms with Crippen molar-refractivity contribution in [1.29, 1.82) is 0 Å². The molecule has 418 valence electrons. The van der Waals surface area contributed by atoms with E-state index in [1.807, 2.05) is 0 Å². The van der Waals surface area contributed by atoms with Crippen molar-refractivity contribution in [3.8, 4) is 0 Å². The maximum Gasteiger partial charge on any atom is 0.305 e. The number of hydrogen-bond acceptors (Lipinski definition) is 5. The molecule has 6 nitrogen and oxygen atoms in total. The SMILES string of the molecule is CCCCC/C=C\C/C=C\CCCCCCCCCC(=O)OCCCCCCCCCCCCCC/C=C\CCCCCCCCCCC(=O)NC(CO)C(O)CCCCCCCCCCCCCCC. The maximum absolute atomic E-state index is 12.5. The van der Waals surface area contributed by atoms with Crippen LogP contribution in [0.5, 0.6) is 0 Å². The highest BCUT2D eigenvalue weighted by Crippen LogP contribution is 2.17. The molecular weight excluding hydrogens is 875 g/mol. The fourth-order valence-corrected chi connectivity index (χ4v) is 9.78. The molecule has 0 saturated carbocycles. The minimum Gasteiger partial charge on any atom is -0.466 e. The number of aliphatic hydroxyl groups excluding tert-OH is 2. The van der Waals surface area contributed by atoms with Crippen molar-refractivity contribution in [3.63, 3.8) is 0 Å². The molecule has 0 bridgehead atoms. The van der Waals surface area contributed by atoms with Gasteiger partial charge in [-0.05, 0) is 83.5 Å². The van der Waals surface area contributed by atoms with E-state index in [2.05, 4.69) is 55.6 Å². The number of esters is 1. The van der Waals surface area contributed by atoms with Crippen LogP contribution in [-0.4, -0.2) is 47.4 Å². The van der Waals surface area contributed by atoms with Gasteiger partial charge in [-0.25, -0.2) is 0 Å². The van der Waals surface area contributed by atoms with E-state index in [1.54, 1.807) is 0 Å². The number of carbonyl (C=O) groups excluding carboxylic acids is 2. The Morgan fingerprint density at radius 2 is 0.704 bits per heavy atom. The normalized spacial score (nSPS) is 12.8. The van der Waals surface area contributed by atoms with Crippen LogP contribution >= 0.6 is 0 Å². The Morgan fingerprint density at radius 3 is 1.11 bits per heavy atom. The average molecular weight is 999 g/mol. The standard InChI is InChI=1S/C65H123NO5/c1-3-5-7-9-11-13-15-17-18-27-31-35-39-43-47-51-55-59-65(70)71-60-56-52-48-44-40-36-32-29-26-24-22-20-19-21-23-25-28-30-34-38-42-46-50-54-58-64(69)66-62(61-67)63(68)57-53-49-45-41-37-33-16-14-12-10-8-6-4-2/h11,13,17-18,21,23,62-63,67-68H,3-10,12,14-16,19-20,22,24-61H2,1-2H3,(H,66,69)/b13-11-,18-17-,23-21-. The van der Waals surface area contributed by atoms with E-state index in [9.17, 15) is 19.8 Å². The zero-order valence-corrected chi connectivity index (χ0v) is 47.7. The van der Waals surface area contributed by atoms with E-state index in [0.29, 0.717) is 25.9 Å². The van der Waals surface area contributed by atoms with Crippen LogP contribution in [0.1, 0.15) is 341 Å². The molecule has 71 heavy (non-hydrogen) atoms. The topological polar surface area (TPSA) is 95.9 Å². The molecule has 0 aromatic carbocycles. The lowest BCUT2D eigenvalue weighted by Gasteiger charge is -2.22. The van der Waals surface area contributed by atoms with Gasteiger partial charge in [-0.15, -0.1) is 0 Å². The molecule has 1 amide bonds. The third kappa shape index (κ3) is 57.2. The molecule has 0 heterocycles. The van der Waals surface area contributed by atoms with Gasteiger partial charge >= 0.3 is 5.97 Å². The maximum atomic E-state index is 12.5. The third-order valence-electron chi connectivity index (χ3n) is 14.7. The molecule has 0 aliphatic heterocycles. The minimum absolute atomic E-state index is 0.00485. The summed E-state index contributed by atoms with van der Waals surface area (Å²) in [6, 6.07) is -0.544. The number of carbonyl (C=O) groups is 2. The van der Waals surface area contributed by atoms with Gasteiger partial charge in [0, 0.05) is 12.8 Å². The van der Waals surface area contributed by atoms with Crippen LogP contribution in [0, 0.1) is 0 Å². The molecule has 2 unspecified atom stereocenters. The number of allylic oxidation sites excluding steroid dienone is 6. The summed E-state index contributed by atoms with van der Waals surface area (Å²) in [5.74, 6) is -0.0340. The van der Waals surface area contributed by atoms with E-state index in [1.165, 1.54) is 257 Å². The molecule has 0 aliphatic rings. The summed E-state index contributed by atoms with van der Waals surface area (Å²) in [4.78, 5) is 24.5.